The van der Waals surface area contributed by atoms with E-state index in [-0.39, 0.29) is 18.6 Å². The fourth-order valence-electron chi connectivity index (χ4n) is 2.52. The van der Waals surface area contributed by atoms with Gasteiger partial charge in [-0.25, -0.2) is 4.79 Å². The lowest BCUT2D eigenvalue weighted by Crippen LogP contribution is -2.34. The van der Waals surface area contributed by atoms with Gasteiger partial charge in [-0.2, -0.15) is 0 Å². The van der Waals surface area contributed by atoms with Crippen LogP contribution in [-0.4, -0.2) is 38.3 Å². The van der Waals surface area contributed by atoms with Gasteiger partial charge in [-0.15, -0.1) is 0 Å². The van der Waals surface area contributed by atoms with E-state index in [2.05, 4.69) is 5.32 Å². The Labute approximate surface area is 140 Å². The molecule has 1 atom stereocenters. The molecule has 24 heavy (non-hydrogen) atoms. The average Bonchev–Trinajstić information content (AvgIpc) is 3.01. The van der Waals surface area contributed by atoms with Crippen LogP contribution in [0.4, 0.5) is 10.5 Å². The second-order valence-corrected chi connectivity index (χ2v) is 5.39. The fourth-order valence-corrected chi connectivity index (χ4v) is 2.52. The first-order valence-electron chi connectivity index (χ1n) is 7.63. The summed E-state index contributed by atoms with van der Waals surface area (Å²) < 4.78 is 10.4. The van der Waals surface area contributed by atoms with Gasteiger partial charge >= 0.3 is 6.09 Å². The summed E-state index contributed by atoms with van der Waals surface area (Å²) in [6, 6.07) is 16.2. The van der Waals surface area contributed by atoms with E-state index >= 15 is 0 Å². The molecule has 1 unspecified atom stereocenters. The quantitative estimate of drug-likeness (QED) is 0.916. The second kappa shape index (κ2) is 7.04. The number of methoxy groups -OCH3 is 1. The molecule has 0 saturated carbocycles. The number of nitrogens with one attached hydrogen (secondary N) is 1. The van der Waals surface area contributed by atoms with Gasteiger partial charge in [-0.1, -0.05) is 24.3 Å². The normalized spacial score (nSPS) is 16.6. The minimum absolute atomic E-state index is 0.233. The molecule has 1 heterocycles. The van der Waals surface area contributed by atoms with Crippen LogP contribution in [0.15, 0.2) is 54.6 Å². The van der Waals surface area contributed by atoms with E-state index in [1.165, 1.54) is 0 Å². The predicted octanol–water partition coefficient (Wildman–Crippen LogP) is 2.45. The molecule has 6 heteroatoms. The number of benzene rings is 2. The van der Waals surface area contributed by atoms with Gasteiger partial charge < -0.3 is 14.8 Å². The Morgan fingerprint density at radius 3 is 2.79 bits per heavy atom. The van der Waals surface area contributed by atoms with Gasteiger partial charge in [-0.3, -0.25) is 9.69 Å². The maximum Gasteiger partial charge on any atom is 0.414 e. The lowest BCUT2D eigenvalue weighted by atomic mass is 10.2. The molecule has 1 aliphatic rings. The molecule has 3 rings (SSSR count). The minimum atomic E-state index is -0.401. The summed E-state index contributed by atoms with van der Waals surface area (Å²) >= 11 is 0. The molecule has 2 amide bonds. The van der Waals surface area contributed by atoms with Crippen LogP contribution in [0.1, 0.15) is 10.4 Å². The number of para-hydroxylation sites is 1. The highest BCUT2D eigenvalue weighted by atomic mass is 16.6. The van der Waals surface area contributed by atoms with Crippen molar-refractivity contribution in [3.05, 3.63) is 60.2 Å². The summed E-state index contributed by atoms with van der Waals surface area (Å²) in [7, 11) is 1.55. The number of carbonyl (C=O) groups is 2. The lowest BCUT2D eigenvalue weighted by Gasteiger charge is -2.13. The second-order valence-electron chi connectivity index (χ2n) is 5.39. The third-order valence-electron chi connectivity index (χ3n) is 3.76. The van der Waals surface area contributed by atoms with Crippen LogP contribution >= 0.6 is 0 Å². The molecular formula is C18H18N2O4. The van der Waals surface area contributed by atoms with Crippen LogP contribution in [-0.2, 0) is 4.74 Å². The van der Waals surface area contributed by atoms with Crippen molar-refractivity contribution in [2.24, 2.45) is 0 Å². The minimum Gasteiger partial charge on any atom is -0.497 e. The number of ether oxygens (including phenoxy) is 2. The molecule has 0 aromatic heterocycles. The van der Waals surface area contributed by atoms with Crippen molar-refractivity contribution in [3.63, 3.8) is 0 Å². The van der Waals surface area contributed by atoms with Crippen LogP contribution in [0.2, 0.25) is 0 Å². The van der Waals surface area contributed by atoms with Gasteiger partial charge in [-0.05, 0) is 30.3 Å². The third kappa shape index (κ3) is 3.48. The Kier molecular flexibility index (Phi) is 4.65. The van der Waals surface area contributed by atoms with Crippen molar-refractivity contribution in [2.45, 2.75) is 6.10 Å². The van der Waals surface area contributed by atoms with E-state index in [0.717, 1.165) is 5.69 Å². The molecule has 1 aliphatic heterocycles. The van der Waals surface area contributed by atoms with E-state index in [9.17, 15) is 9.59 Å². The van der Waals surface area contributed by atoms with E-state index in [4.69, 9.17) is 9.47 Å². The first kappa shape index (κ1) is 15.9. The molecule has 0 spiro atoms. The van der Waals surface area contributed by atoms with E-state index in [1.807, 2.05) is 30.3 Å². The number of carbonyl (C=O) groups excluding carboxylic acids is 2. The number of cyclic esters (lactones) is 1. The van der Waals surface area contributed by atoms with Gasteiger partial charge in [0.2, 0.25) is 0 Å². The number of rotatable bonds is 5. The molecule has 0 bridgehead atoms. The molecule has 6 nitrogen and oxygen atoms in total. The molecule has 0 radical (unpaired) electrons. The van der Waals surface area contributed by atoms with Crippen molar-refractivity contribution in [2.75, 3.05) is 25.1 Å². The van der Waals surface area contributed by atoms with Gasteiger partial charge in [0.1, 0.15) is 11.9 Å². The van der Waals surface area contributed by atoms with Crippen molar-refractivity contribution in [1.82, 2.24) is 5.32 Å². The molecule has 0 aliphatic carbocycles. The number of amides is 2. The molecular weight excluding hydrogens is 308 g/mol. The van der Waals surface area contributed by atoms with Crippen LogP contribution in [0.5, 0.6) is 5.75 Å². The number of anilines is 1. The topological polar surface area (TPSA) is 67.9 Å². The molecule has 124 valence electrons. The summed E-state index contributed by atoms with van der Waals surface area (Å²) in [5, 5.41) is 2.79. The first-order chi connectivity index (χ1) is 11.7. The van der Waals surface area contributed by atoms with Gasteiger partial charge in [0.25, 0.3) is 5.91 Å². The Hall–Kier alpha value is -3.02. The maximum absolute atomic E-state index is 12.2. The van der Waals surface area contributed by atoms with Gasteiger partial charge in [0, 0.05) is 11.3 Å². The van der Waals surface area contributed by atoms with Crippen molar-refractivity contribution in [3.8, 4) is 5.75 Å². The largest absolute Gasteiger partial charge is 0.497 e. The van der Waals surface area contributed by atoms with Crippen molar-refractivity contribution >= 4 is 17.7 Å². The van der Waals surface area contributed by atoms with Crippen LogP contribution in [0, 0.1) is 0 Å². The predicted molar refractivity (Wildman–Crippen MR) is 89.4 cm³/mol. The first-order valence-corrected chi connectivity index (χ1v) is 7.63. The van der Waals surface area contributed by atoms with Crippen molar-refractivity contribution in [1.29, 1.82) is 0 Å². The SMILES string of the molecule is COc1cccc(C(=O)NCC2CN(c3ccccc3)C(=O)O2)c1. The number of hydrogen-bond donors (Lipinski definition) is 1. The Morgan fingerprint density at radius 1 is 1.25 bits per heavy atom. The lowest BCUT2D eigenvalue weighted by molar-refractivity contribution is 0.0916. The van der Waals surface area contributed by atoms with E-state index < -0.39 is 6.09 Å². The number of nitrogens with zero attached hydrogens (tertiary/aromatic N) is 1. The van der Waals surface area contributed by atoms with Crippen molar-refractivity contribution < 1.29 is 19.1 Å². The summed E-state index contributed by atoms with van der Waals surface area (Å²) in [5.74, 6) is 0.383. The number of hydrogen-bond acceptors (Lipinski definition) is 4. The van der Waals surface area contributed by atoms with E-state index in [0.29, 0.717) is 17.9 Å². The summed E-state index contributed by atoms with van der Waals surface area (Å²) in [6.45, 7) is 0.659. The molecule has 1 N–H and O–H groups in total. The fraction of sp³-hybridized carbons (Fsp3) is 0.222. The molecule has 2 aromatic rings. The Balaban J connectivity index is 1.57. The average molecular weight is 326 g/mol. The van der Waals surface area contributed by atoms with Crippen LogP contribution < -0.4 is 15.0 Å². The molecule has 1 saturated heterocycles. The highest BCUT2D eigenvalue weighted by Crippen LogP contribution is 2.20. The smallest absolute Gasteiger partial charge is 0.414 e. The third-order valence-corrected chi connectivity index (χ3v) is 3.76. The highest BCUT2D eigenvalue weighted by Gasteiger charge is 2.32. The van der Waals surface area contributed by atoms with E-state index in [1.54, 1.807) is 36.3 Å². The van der Waals surface area contributed by atoms with Gasteiger partial charge in [0.05, 0.1) is 20.2 Å². The van der Waals surface area contributed by atoms with Crippen LogP contribution in [0.3, 0.4) is 0 Å². The van der Waals surface area contributed by atoms with Gasteiger partial charge in [0.15, 0.2) is 0 Å². The standard InChI is InChI=1S/C18H18N2O4/c1-23-15-9-5-6-13(10-15)17(21)19-11-16-12-20(18(22)24-16)14-7-3-2-4-8-14/h2-10,16H,11-12H2,1H3,(H,19,21). The molecule has 1 fully saturated rings. The zero-order valence-electron chi connectivity index (χ0n) is 13.3. The Bertz CT molecular complexity index is 733. The zero-order chi connectivity index (χ0) is 16.9. The summed E-state index contributed by atoms with van der Waals surface area (Å²) in [5.41, 5.74) is 1.28. The molecule has 2 aromatic carbocycles. The summed E-state index contributed by atoms with van der Waals surface area (Å²) in [4.78, 5) is 25.7. The Morgan fingerprint density at radius 2 is 2.04 bits per heavy atom. The zero-order valence-corrected chi connectivity index (χ0v) is 13.3. The summed E-state index contributed by atoms with van der Waals surface area (Å²) in [6.07, 6.45) is -0.783. The monoisotopic (exact) mass is 326 g/mol. The van der Waals surface area contributed by atoms with Crippen LogP contribution in [0.25, 0.3) is 0 Å². The maximum atomic E-state index is 12.2. The highest BCUT2D eigenvalue weighted by molar-refractivity contribution is 5.94.